The van der Waals surface area contributed by atoms with Crippen LogP contribution in [0.4, 0.5) is 4.79 Å². The number of amides is 2. The van der Waals surface area contributed by atoms with E-state index < -0.39 is 0 Å². The summed E-state index contributed by atoms with van der Waals surface area (Å²) in [5.74, 6) is 0. The number of nitrogens with zero attached hydrogens (tertiary/aromatic N) is 2. The molecule has 0 aromatic rings. The van der Waals surface area contributed by atoms with E-state index in [-0.39, 0.29) is 24.5 Å². The summed E-state index contributed by atoms with van der Waals surface area (Å²) in [6, 6.07) is 0.0783. The van der Waals surface area contributed by atoms with Crippen LogP contribution < -0.4 is 0 Å². The number of carbonyl (C=O) groups excluding carboxylic acids is 1. The van der Waals surface area contributed by atoms with E-state index in [0.717, 1.165) is 19.5 Å². The maximum atomic E-state index is 11.4. The number of hydrogen-bond acceptors (Lipinski definition) is 2. The van der Waals surface area contributed by atoms with Gasteiger partial charge in [-0.1, -0.05) is 0 Å². The van der Waals surface area contributed by atoms with Crippen LogP contribution in [-0.4, -0.2) is 56.2 Å². The lowest BCUT2D eigenvalue weighted by molar-refractivity contribution is 0.108. The largest absolute Gasteiger partial charge is 0.380 e. The fourth-order valence-electron chi connectivity index (χ4n) is 1.38. The lowest BCUT2D eigenvalue weighted by Crippen LogP contribution is -2.38. The lowest BCUT2D eigenvalue weighted by Gasteiger charge is -2.20. The SMILES string of the molecule is CO[C@@H]1CCN(C(=O)N(C)C)C1.Cl. The van der Waals surface area contributed by atoms with E-state index in [0.29, 0.717) is 0 Å². The second-order valence-corrected chi connectivity index (χ2v) is 3.27. The minimum Gasteiger partial charge on any atom is -0.380 e. The minimum atomic E-state index is 0. The molecule has 4 nitrogen and oxygen atoms in total. The first-order valence-corrected chi connectivity index (χ1v) is 4.14. The summed E-state index contributed by atoms with van der Waals surface area (Å²) in [6.07, 6.45) is 1.18. The summed E-state index contributed by atoms with van der Waals surface area (Å²) in [4.78, 5) is 14.8. The molecule has 1 aliphatic rings. The van der Waals surface area contributed by atoms with Gasteiger partial charge in [-0.3, -0.25) is 0 Å². The van der Waals surface area contributed by atoms with Gasteiger partial charge in [-0.2, -0.15) is 0 Å². The molecule has 1 rings (SSSR count). The standard InChI is InChI=1S/C8H16N2O2.ClH/c1-9(2)8(11)10-5-4-7(6-10)12-3;/h7H,4-6H2,1-3H3;1H/t7-;/m1./s1. The molecule has 0 saturated carbocycles. The summed E-state index contributed by atoms with van der Waals surface area (Å²) in [5.41, 5.74) is 0. The number of likely N-dealkylation sites (tertiary alicyclic amines) is 1. The molecule has 13 heavy (non-hydrogen) atoms. The van der Waals surface area contributed by atoms with Crippen LogP contribution in [0.1, 0.15) is 6.42 Å². The molecule has 0 aromatic carbocycles. The van der Waals surface area contributed by atoms with Crippen LogP contribution in [0, 0.1) is 0 Å². The molecule has 1 fully saturated rings. The third-order valence-electron chi connectivity index (χ3n) is 2.13. The molecule has 0 aromatic heterocycles. The van der Waals surface area contributed by atoms with E-state index in [1.54, 1.807) is 26.1 Å². The maximum Gasteiger partial charge on any atom is 0.319 e. The fourth-order valence-corrected chi connectivity index (χ4v) is 1.38. The predicted octanol–water partition coefficient (Wildman–Crippen LogP) is 0.810. The molecule has 1 atom stereocenters. The van der Waals surface area contributed by atoms with E-state index in [9.17, 15) is 4.79 Å². The zero-order chi connectivity index (χ0) is 9.14. The number of carbonyl (C=O) groups is 1. The first-order chi connectivity index (χ1) is 5.65. The van der Waals surface area contributed by atoms with Crippen molar-refractivity contribution in [2.45, 2.75) is 12.5 Å². The van der Waals surface area contributed by atoms with Crippen LogP contribution in [-0.2, 0) is 4.74 Å². The number of halogens is 1. The summed E-state index contributed by atoms with van der Waals surface area (Å²) >= 11 is 0. The van der Waals surface area contributed by atoms with E-state index in [2.05, 4.69) is 0 Å². The third-order valence-corrected chi connectivity index (χ3v) is 2.13. The van der Waals surface area contributed by atoms with Gasteiger partial charge in [-0.15, -0.1) is 12.4 Å². The average molecular weight is 209 g/mol. The van der Waals surface area contributed by atoms with Crippen molar-refractivity contribution in [2.24, 2.45) is 0 Å². The third kappa shape index (κ3) is 3.04. The van der Waals surface area contributed by atoms with Crippen molar-refractivity contribution in [3.63, 3.8) is 0 Å². The monoisotopic (exact) mass is 208 g/mol. The Kier molecular flexibility index (Phi) is 5.10. The molecule has 1 aliphatic heterocycles. The van der Waals surface area contributed by atoms with Gasteiger partial charge >= 0.3 is 6.03 Å². The normalized spacial score (nSPS) is 21.2. The number of methoxy groups -OCH3 is 1. The highest BCUT2D eigenvalue weighted by atomic mass is 35.5. The molecule has 5 heteroatoms. The zero-order valence-corrected chi connectivity index (χ0v) is 9.13. The van der Waals surface area contributed by atoms with Gasteiger partial charge in [0, 0.05) is 34.3 Å². The van der Waals surface area contributed by atoms with Crippen molar-refractivity contribution < 1.29 is 9.53 Å². The molecular formula is C8H17ClN2O2. The molecule has 0 aliphatic carbocycles. The molecule has 1 saturated heterocycles. The fraction of sp³-hybridized carbons (Fsp3) is 0.875. The first-order valence-electron chi connectivity index (χ1n) is 4.14. The average Bonchev–Trinajstić information content (AvgIpc) is 2.50. The van der Waals surface area contributed by atoms with Gasteiger partial charge in [-0.25, -0.2) is 4.79 Å². The molecule has 78 valence electrons. The topological polar surface area (TPSA) is 32.8 Å². The van der Waals surface area contributed by atoms with Gasteiger partial charge in [0.05, 0.1) is 6.10 Å². The van der Waals surface area contributed by atoms with Crippen LogP contribution in [0.25, 0.3) is 0 Å². The Balaban J connectivity index is 0.00000144. The van der Waals surface area contributed by atoms with Gasteiger partial charge < -0.3 is 14.5 Å². The van der Waals surface area contributed by atoms with Crippen molar-refractivity contribution in [1.29, 1.82) is 0 Å². The van der Waals surface area contributed by atoms with Crippen molar-refractivity contribution in [3.8, 4) is 0 Å². The van der Waals surface area contributed by atoms with Gasteiger partial charge in [-0.05, 0) is 6.42 Å². The Morgan fingerprint density at radius 2 is 2.15 bits per heavy atom. The summed E-state index contributed by atoms with van der Waals surface area (Å²) in [5, 5.41) is 0. The second kappa shape index (κ2) is 5.29. The number of ether oxygens (including phenoxy) is 1. The smallest absolute Gasteiger partial charge is 0.319 e. The van der Waals surface area contributed by atoms with Gasteiger partial charge in [0.1, 0.15) is 0 Å². The van der Waals surface area contributed by atoms with Crippen LogP contribution in [0.5, 0.6) is 0 Å². The number of urea groups is 1. The Labute approximate surface area is 85.2 Å². The Morgan fingerprint density at radius 3 is 2.54 bits per heavy atom. The van der Waals surface area contributed by atoms with Crippen LogP contribution in [0.2, 0.25) is 0 Å². The highest BCUT2D eigenvalue weighted by molar-refractivity contribution is 5.85. The molecule has 0 spiro atoms. The highest BCUT2D eigenvalue weighted by Crippen LogP contribution is 2.12. The van der Waals surface area contributed by atoms with Gasteiger partial charge in [0.25, 0.3) is 0 Å². The predicted molar refractivity (Wildman–Crippen MR) is 53.3 cm³/mol. The molecular weight excluding hydrogens is 192 g/mol. The summed E-state index contributed by atoms with van der Waals surface area (Å²) < 4.78 is 5.16. The molecule has 0 radical (unpaired) electrons. The van der Waals surface area contributed by atoms with E-state index >= 15 is 0 Å². The highest BCUT2D eigenvalue weighted by Gasteiger charge is 2.26. The molecule has 0 unspecified atom stereocenters. The Bertz CT molecular complexity index is 176. The summed E-state index contributed by atoms with van der Waals surface area (Å²) in [7, 11) is 5.22. The molecule has 0 N–H and O–H groups in total. The lowest BCUT2D eigenvalue weighted by atomic mass is 10.3. The van der Waals surface area contributed by atoms with Crippen LogP contribution in [0.15, 0.2) is 0 Å². The van der Waals surface area contributed by atoms with E-state index in [4.69, 9.17) is 4.74 Å². The van der Waals surface area contributed by atoms with Gasteiger partial charge in [0.15, 0.2) is 0 Å². The summed E-state index contributed by atoms with van der Waals surface area (Å²) in [6.45, 7) is 1.54. The quantitative estimate of drug-likeness (QED) is 0.639. The van der Waals surface area contributed by atoms with Gasteiger partial charge in [0.2, 0.25) is 0 Å². The van der Waals surface area contributed by atoms with Crippen molar-refractivity contribution in [2.75, 3.05) is 34.3 Å². The maximum absolute atomic E-state index is 11.4. The number of hydrogen-bond donors (Lipinski definition) is 0. The van der Waals surface area contributed by atoms with Crippen LogP contribution in [0.3, 0.4) is 0 Å². The second-order valence-electron chi connectivity index (χ2n) is 3.27. The Hall–Kier alpha value is -0.480. The molecule has 1 heterocycles. The Morgan fingerprint density at radius 1 is 1.54 bits per heavy atom. The number of rotatable bonds is 1. The minimum absolute atomic E-state index is 0. The first kappa shape index (κ1) is 12.5. The van der Waals surface area contributed by atoms with Crippen molar-refractivity contribution in [3.05, 3.63) is 0 Å². The van der Waals surface area contributed by atoms with E-state index in [1.165, 1.54) is 0 Å². The van der Waals surface area contributed by atoms with Crippen LogP contribution >= 0.6 is 12.4 Å². The van der Waals surface area contributed by atoms with E-state index in [1.807, 2.05) is 4.90 Å². The molecule has 2 amide bonds. The molecule has 0 bridgehead atoms. The van der Waals surface area contributed by atoms with Crippen molar-refractivity contribution >= 4 is 18.4 Å². The van der Waals surface area contributed by atoms with Crippen molar-refractivity contribution in [1.82, 2.24) is 9.80 Å². The zero-order valence-electron chi connectivity index (χ0n) is 8.32.